The van der Waals surface area contributed by atoms with Gasteiger partial charge in [0.15, 0.2) is 11.5 Å². The molecule has 27 heavy (non-hydrogen) atoms. The van der Waals surface area contributed by atoms with Gasteiger partial charge < -0.3 is 15.0 Å². The van der Waals surface area contributed by atoms with Crippen LogP contribution >= 0.6 is 0 Å². The highest BCUT2D eigenvalue weighted by Crippen LogP contribution is 2.31. The van der Waals surface area contributed by atoms with Crippen LogP contribution in [0.4, 0.5) is 5.82 Å². The quantitative estimate of drug-likeness (QED) is 0.723. The Kier molecular flexibility index (Phi) is 4.58. The van der Waals surface area contributed by atoms with Gasteiger partial charge in [-0.3, -0.25) is 4.99 Å². The highest BCUT2D eigenvalue weighted by Gasteiger charge is 2.26. The predicted octanol–water partition coefficient (Wildman–Crippen LogP) is 3.69. The van der Waals surface area contributed by atoms with Gasteiger partial charge in [-0.25, -0.2) is 15.0 Å². The minimum Gasteiger partial charge on any atom is -0.497 e. The Morgan fingerprint density at radius 1 is 1.26 bits per heavy atom. The Bertz CT molecular complexity index is 1020. The van der Waals surface area contributed by atoms with Crippen molar-refractivity contribution in [3.05, 3.63) is 54.3 Å². The van der Waals surface area contributed by atoms with E-state index < -0.39 is 0 Å². The maximum Gasteiger partial charge on any atom is 0.182 e. The van der Waals surface area contributed by atoms with E-state index in [1.165, 1.54) is 11.9 Å². The van der Waals surface area contributed by atoms with Crippen LogP contribution in [0.5, 0.6) is 5.75 Å². The summed E-state index contributed by atoms with van der Waals surface area (Å²) in [4.78, 5) is 20.7. The topological polar surface area (TPSA) is 88.1 Å². The minimum atomic E-state index is -0.00810. The second-order valence-corrected chi connectivity index (χ2v) is 6.64. The summed E-state index contributed by atoms with van der Waals surface area (Å²) in [5, 5.41) is 3.48. The van der Waals surface area contributed by atoms with Crippen LogP contribution in [0.2, 0.25) is 0 Å². The van der Waals surface area contributed by atoms with Crippen LogP contribution in [0.15, 0.2) is 53.7 Å². The number of anilines is 1. The Labute approximate surface area is 157 Å². The molecule has 1 aliphatic rings. The number of ether oxygens (including phenoxy) is 1. The number of rotatable bonds is 5. The summed E-state index contributed by atoms with van der Waals surface area (Å²) in [6.07, 6.45) is 6.23. The first-order valence-electron chi connectivity index (χ1n) is 8.95. The van der Waals surface area contributed by atoms with E-state index in [1.54, 1.807) is 13.4 Å². The molecule has 2 unspecified atom stereocenters. The minimum absolute atomic E-state index is 0.00810. The molecule has 1 aromatic carbocycles. The third kappa shape index (κ3) is 3.40. The van der Waals surface area contributed by atoms with E-state index in [-0.39, 0.29) is 12.0 Å². The molecule has 0 spiro atoms. The Morgan fingerprint density at radius 3 is 3.00 bits per heavy atom. The van der Waals surface area contributed by atoms with E-state index in [2.05, 4.69) is 50.4 Å². The first-order valence-corrected chi connectivity index (χ1v) is 8.95. The van der Waals surface area contributed by atoms with Crippen molar-refractivity contribution in [1.82, 2.24) is 19.9 Å². The van der Waals surface area contributed by atoms with Gasteiger partial charge in [-0.1, -0.05) is 18.2 Å². The zero-order chi connectivity index (χ0) is 18.8. The van der Waals surface area contributed by atoms with E-state index in [9.17, 15) is 0 Å². The van der Waals surface area contributed by atoms with Crippen molar-refractivity contribution in [3.8, 4) is 5.75 Å². The normalized spacial score (nSPS) is 18.0. The summed E-state index contributed by atoms with van der Waals surface area (Å²) in [5.74, 6) is 1.77. The molecular formula is C20H22N6O. The van der Waals surface area contributed by atoms with Crippen molar-refractivity contribution in [3.63, 3.8) is 0 Å². The largest absolute Gasteiger partial charge is 0.497 e. The van der Waals surface area contributed by atoms with Crippen molar-refractivity contribution < 1.29 is 4.74 Å². The van der Waals surface area contributed by atoms with Gasteiger partial charge in [0, 0.05) is 17.3 Å². The second kappa shape index (κ2) is 7.19. The lowest BCUT2D eigenvalue weighted by Crippen LogP contribution is -2.33. The first kappa shape index (κ1) is 17.2. The van der Waals surface area contributed by atoms with Crippen LogP contribution in [0.25, 0.3) is 11.2 Å². The maximum atomic E-state index is 5.40. The lowest BCUT2D eigenvalue weighted by atomic mass is 9.85. The number of H-pyrrole nitrogens is 1. The van der Waals surface area contributed by atoms with Crippen molar-refractivity contribution in [1.29, 1.82) is 0 Å². The summed E-state index contributed by atoms with van der Waals surface area (Å²) in [6, 6.07) is 8.18. The smallest absolute Gasteiger partial charge is 0.182 e. The molecule has 0 fully saturated rings. The molecule has 7 nitrogen and oxygen atoms in total. The highest BCUT2D eigenvalue weighted by atomic mass is 16.5. The van der Waals surface area contributed by atoms with Crippen LogP contribution in [0.3, 0.4) is 0 Å². The number of nitrogens with one attached hydrogen (secondary N) is 2. The van der Waals surface area contributed by atoms with Gasteiger partial charge in [0.2, 0.25) is 0 Å². The fraction of sp³-hybridized carbons (Fsp3) is 0.300. The first-order chi connectivity index (χ1) is 13.2. The standard InChI is InChI=1S/C20H22N6O/c1-12-7-8-16(14-5-4-6-15(9-14)27-3)17(25-12)13(2)26-20-18-19(22-10-21-18)23-11-24-20/h4-7,9-11,13,16H,8H2,1-3H3,(H2,21,22,23,24,26). The fourth-order valence-corrected chi connectivity index (χ4v) is 3.45. The number of hydrogen-bond donors (Lipinski definition) is 2. The molecule has 7 heteroatoms. The average Bonchev–Trinajstić information content (AvgIpc) is 3.18. The number of fused-ring (bicyclic) bond motifs is 1. The summed E-state index contributed by atoms with van der Waals surface area (Å²) in [7, 11) is 1.69. The van der Waals surface area contributed by atoms with Gasteiger partial charge in [0.25, 0.3) is 0 Å². The van der Waals surface area contributed by atoms with E-state index in [0.717, 1.165) is 34.9 Å². The maximum absolute atomic E-state index is 5.40. The van der Waals surface area contributed by atoms with Crippen molar-refractivity contribution in [2.45, 2.75) is 32.2 Å². The molecule has 3 heterocycles. The lowest BCUT2D eigenvalue weighted by molar-refractivity contribution is 0.414. The van der Waals surface area contributed by atoms with Gasteiger partial charge in [0.05, 0.1) is 19.5 Å². The molecule has 0 amide bonds. The third-order valence-corrected chi connectivity index (χ3v) is 4.83. The molecular weight excluding hydrogens is 340 g/mol. The van der Waals surface area contributed by atoms with E-state index >= 15 is 0 Å². The Balaban J connectivity index is 1.65. The van der Waals surface area contributed by atoms with Gasteiger partial charge in [-0.2, -0.15) is 0 Å². The van der Waals surface area contributed by atoms with Gasteiger partial charge in [0.1, 0.15) is 17.6 Å². The number of hydrogen-bond acceptors (Lipinski definition) is 6. The summed E-state index contributed by atoms with van der Waals surface area (Å²) < 4.78 is 5.40. The molecule has 0 bridgehead atoms. The SMILES string of the molecule is COc1cccc(C2CC=C(C)N=C2C(C)Nc2ncnc3nc[nH]c23)c1. The Morgan fingerprint density at radius 2 is 2.15 bits per heavy atom. The molecule has 1 aliphatic heterocycles. The van der Waals surface area contributed by atoms with E-state index in [1.807, 2.05) is 19.1 Å². The summed E-state index contributed by atoms with van der Waals surface area (Å²) >= 11 is 0. The zero-order valence-electron chi connectivity index (χ0n) is 15.6. The number of imidazole rings is 1. The zero-order valence-corrected chi connectivity index (χ0v) is 15.6. The number of allylic oxidation sites excluding steroid dienone is 2. The number of aromatic amines is 1. The lowest BCUT2D eigenvalue weighted by Gasteiger charge is -2.28. The molecule has 2 atom stereocenters. The van der Waals surface area contributed by atoms with Crippen molar-refractivity contribution in [2.24, 2.45) is 4.99 Å². The van der Waals surface area contributed by atoms with Crippen molar-refractivity contribution >= 4 is 22.7 Å². The summed E-state index contributed by atoms with van der Waals surface area (Å²) in [6.45, 7) is 4.14. The van der Waals surface area contributed by atoms with Gasteiger partial charge >= 0.3 is 0 Å². The molecule has 3 aromatic rings. The van der Waals surface area contributed by atoms with E-state index in [0.29, 0.717) is 5.65 Å². The molecule has 2 N–H and O–H groups in total. The molecule has 4 rings (SSSR count). The van der Waals surface area contributed by atoms with Crippen LogP contribution in [0, 0.1) is 0 Å². The highest BCUT2D eigenvalue weighted by molar-refractivity contribution is 5.99. The fourth-order valence-electron chi connectivity index (χ4n) is 3.45. The van der Waals surface area contributed by atoms with Crippen LogP contribution in [0.1, 0.15) is 31.7 Å². The number of nitrogens with zero attached hydrogens (tertiary/aromatic N) is 4. The van der Waals surface area contributed by atoms with Crippen LogP contribution in [-0.4, -0.2) is 38.8 Å². The molecule has 0 aliphatic carbocycles. The predicted molar refractivity (Wildman–Crippen MR) is 106 cm³/mol. The monoisotopic (exact) mass is 362 g/mol. The third-order valence-electron chi connectivity index (χ3n) is 4.83. The molecule has 138 valence electrons. The molecule has 0 saturated heterocycles. The van der Waals surface area contributed by atoms with Gasteiger partial charge in [-0.05, 0) is 38.0 Å². The molecule has 0 radical (unpaired) electrons. The molecule has 0 saturated carbocycles. The molecule has 2 aromatic heterocycles. The van der Waals surface area contributed by atoms with Crippen LogP contribution in [-0.2, 0) is 0 Å². The number of aromatic nitrogens is 4. The second-order valence-electron chi connectivity index (χ2n) is 6.64. The number of benzene rings is 1. The Hall–Kier alpha value is -3.22. The van der Waals surface area contributed by atoms with Crippen molar-refractivity contribution in [2.75, 3.05) is 12.4 Å². The number of aliphatic imine (C=N–C) groups is 1. The number of methoxy groups -OCH3 is 1. The van der Waals surface area contributed by atoms with E-state index in [4.69, 9.17) is 9.73 Å². The van der Waals surface area contributed by atoms with Gasteiger partial charge in [-0.15, -0.1) is 0 Å². The average molecular weight is 362 g/mol. The van der Waals surface area contributed by atoms with Crippen LogP contribution < -0.4 is 10.1 Å². The summed E-state index contributed by atoms with van der Waals surface area (Å²) in [5.41, 5.74) is 4.75.